The number of fused-ring (bicyclic) bond motifs is 1. The predicted molar refractivity (Wildman–Crippen MR) is 70.4 cm³/mol. The van der Waals surface area contributed by atoms with Crippen molar-refractivity contribution >= 4 is 11.0 Å². The van der Waals surface area contributed by atoms with E-state index in [2.05, 4.69) is 4.90 Å². The minimum Gasteiger partial charge on any atom is -0.423 e. The van der Waals surface area contributed by atoms with Gasteiger partial charge in [-0.25, -0.2) is 4.79 Å². The summed E-state index contributed by atoms with van der Waals surface area (Å²) < 4.78 is 5.19. The van der Waals surface area contributed by atoms with Gasteiger partial charge in [0.2, 0.25) is 0 Å². The fourth-order valence-corrected chi connectivity index (χ4v) is 2.56. The molecule has 94 valence electrons. The maximum absolute atomic E-state index is 11.5. The first-order valence-electron chi connectivity index (χ1n) is 6.22. The lowest BCUT2D eigenvalue weighted by Crippen LogP contribution is -2.26. The van der Waals surface area contributed by atoms with E-state index in [-0.39, 0.29) is 11.7 Å². The summed E-state index contributed by atoms with van der Waals surface area (Å²) in [4.78, 5) is 13.8. The average Bonchev–Trinajstić information content (AvgIpc) is 2.74. The predicted octanol–water partition coefficient (Wildman–Crippen LogP) is 1.33. The Bertz CT molecular complexity index is 620. The third-order valence-corrected chi connectivity index (χ3v) is 3.44. The summed E-state index contributed by atoms with van der Waals surface area (Å²) in [6.45, 7) is 2.66. The van der Waals surface area contributed by atoms with Gasteiger partial charge < -0.3 is 10.2 Å². The van der Waals surface area contributed by atoms with Gasteiger partial charge in [0, 0.05) is 37.1 Å². The summed E-state index contributed by atoms with van der Waals surface area (Å²) in [5.74, 6) is 0. The molecule has 3 rings (SSSR count). The minimum atomic E-state index is -0.285. The zero-order chi connectivity index (χ0) is 12.5. The molecule has 1 aliphatic heterocycles. The van der Waals surface area contributed by atoms with E-state index in [0.29, 0.717) is 5.58 Å². The molecule has 4 nitrogen and oxygen atoms in total. The number of hydrogen-bond donors (Lipinski definition) is 1. The highest BCUT2D eigenvalue weighted by molar-refractivity contribution is 5.79. The summed E-state index contributed by atoms with van der Waals surface area (Å²) in [7, 11) is 0. The van der Waals surface area contributed by atoms with Crippen LogP contribution in [-0.4, -0.2) is 24.0 Å². The highest BCUT2D eigenvalue weighted by atomic mass is 16.4. The SMILES string of the molecule is N[C@@H]1CCN(Cc2cc(=O)oc3ccccc23)C1. The molecule has 0 aliphatic carbocycles. The molecule has 2 heterocycles. The van der Waals surface area contributed by atoms with Crippen molar-refractivity contribution in [3.63, 3.8) is 0 Å². The Morgan fingerprint density at radius 2 is 2.22 bits per heavy atom. The Hall–Kier alpha value is -1.65. The van der Waals surface area contributed by atoms with E-state index in [1.807, 2.05) is 24.3 Å². The molecule has 2 aromatic rings. The van der Waals surface area contributed by atoms with Gasteiger partial charge in [-0.05, 0) is 18.1 Å². The molecule has 1 aromatic heterocycles. The summed E-state index contributed by atoms with van der Waals surface area (Å²) in [5.41, 5.74) is 7.29. The third kappa shape index (κ3) is 2.17. The molecule has 1 fully saturated rings. The molecule has 1 aromatic carbocycles. The minimum absolute atomic E-state index is 0.261. The first-order chi connectivity index (χ1) is 8.72. The molecule has 2 N–H and O–H groups in total. The van der Waals surface area contributed by atoms with Crippen LogP contribution in [0.25, 0.3) is 11.0 Å². The van der Waals surface area contributed by atoms with Crippen molar-refractivity contribution in [3.05, 3.63) is 46.3 Å². The number of para-hydroxylation sites is 1. The van der Waals surface area contributed by atoms with Crippen molar-refractivity contribution < 1.29 is 4.42 Å². The van der Waals surface area contributed by atoms with Crippen LogP contribution >= 0.6 is 0 Å². The topological polar surface area (TPSA) is 59.5 Å². The van der Waals surface area contributed by atoms with E-state index in [9.17, 15) is 4.79 Å². The second-order valence-corrected chi connectivity index (χ2v) is 4.87. The Morgan fingerprint density at radius 3 is 3.00 bits per heavy atom. The molecule has 4 heteroatoms. The van der Waals surface area contributed by atoms with E-state index in [0.717, 1.165) is 37.0 Å². The van der Waals surface area contributed by atoms with Crippen LogP contribution in [0.1, 0.15) is 12.0 Å². The van der Waals surface area contributed by atoms with Crippen LogP contribution < -0.4 is 11.4 Å². The lowest BCUT2D eigenvalue weighted by atomic mass is 10.1. The fraction of sp³-hybridized carbons (Fsp3) is 0.357. The van der Waals surface area contributed by atoms with Gasteiger partial charge in [0.05, 0.1) is 0 Å². The van der Waals surface area contributed by atoms with Crippen molar-refractivity contribution in [1.29, 1.82) is 0 Å². The molecule has 0 radical (unpaired) electrons. The number of nitrogens with two attached hydrogens (primary N) is 1. The van der Waals surface area contributed by atoms with E-state index in [1.165, 1.54) is 0 Å². The van der Waals surface area contributed by atoms with E-state index >= 15 is 0 Å². The monoisotopic (exact) mass is 244 g/mol. The molecule has 1 saturated heterocycles. The van der Waals surface area contributed by atoms with Crippen LogP contribution in [0.2, 0.25) is 0 Å². The quantitative estimate of drug-likeness (QED) is 0.810. The zero-order valence-electron chi connectivity index (χ0n) is 10.1. The molecule has 0 bridgehead atoms. The van der Waals surface area contributed by atoms with Gasteiger partial charge in [-0.15, -0.1) is 0 Å². The first kappa shape index (κ1) is 11.4. The molecular formula is C14H16N2O2. The largest absolute Gasteiger partial charge is 0.423 e. The van der Waals surface area contributed by atoms with Crippen LogP contribution in [0, 0.1) is 0 Å². The van der Waals surface area contributed by atoms with Crippen LogP contribution in [0.3, 0.4) is 0 Å². The van der Waals surface area contributed by atoms with E-state index in [4.69, 9.17) is 10.2 Å². The molecule has 1 aliphatic rings. The van der Waals surface area contributed by atoms with Gasteiger partial charge in [-0.1, -0.05) is 18.2 Å². The molecule has 0 unspecified atom stereocenters. The standard InChI is InChI=1S/C14H16N2O2/c15-11-5-6-16(9-11)8-10-7-14(17)18-13-4-2-1-3-12(10)13/h1-4,7,11H,5-6,8-9,15H2/t11-/m1/s1. The zero-order valence-corrected chi connectivity index (χ0v) is 10.1. The Kier molecular flexibility index (Phi) is 2.89. The summed E-state index contributed by atoms with van der Waals surface area (Å²) in [6, 6.07) is 9.50. The smallest absolute Gasteiger partial charge is 0.336 e. The van der Waals surface area contributed by atoms with Gasteiger partial charge in [-0.3, -0.25) is 4.90 Å². The molecule has 0 amide bonds. The number of likely N-dealkylation sites (tertiary alicyclic amines) is 1. The number of hydrogen-bond acceptors (Lipinski definition) is 4. The number of nitrogens with zero attached hydrogens (tertiary/aromatic N) is 1. The van der Waals surface area contributed by atoms with Crippen molar-refractivity contribution in [2.24, 2.45) is 5.73 Å². The van der Waals surface area contributed by atoms with Crippen molar-refractivity contribution in [3.8, 4) is 0 Å². The Labute approximate surface area is 105 Å². The second kappa shape index (κ2) is 4.55. The third-order valence-electron chi connectivity index (χ3n) is 3.44. The summed E-state index contributed by atoms with van der Waals surface area (Å²) >= 11 is 0. The number of rotatable bonds is 2. The highest BCUT2D eigenvalue weighted by Gasteiger charge is 2.19. The molecular weight excluding hydrogens is 228 g/mol. The fourth-order valence-electron chi connectivity index (χ4n) is 2.56. The van der Waals surface area contributed by atoms with Gasteiger partial charge in [0.25, 0.3) is 0 Å². The highest BCUT2D eigenvalue weighted by Crippen LogP contribution is 2.19. The lowest BCUT2D eigenvalue weighted by Gasteiger charge is -2.15. The van der Waals surface area contributed by atoms with Crippen LogP contribution in [0.15, 0.2) is 39.5 Å². The van der Waals surface area contributed by atoms with E-state index in [1.54, 1.807) is 6.07 Å². The van der Waals surface area contributed by atoms with Crippen LogP contribution in [0.5, 0.6) is 0 Å². The van der Waals surface area contributed by atoms with Gasteiger partial charge in [-0.2, -0.15) is 0 Å². The van der Waals surface area contributed by atoms with Crippen LogP contribution in [-0.2, 0) is 6.54 Å². The van der Waals surface area contributed by atoms with Gasteiger partial charge >= 0.3 is 5.63 Å². The van der Waals surface area contributed by atoms with Crippen molar-refractivity contribution in [1.82, 2.24) is 4.90 Å². The summed E-state index contributed by atoms with van der Waals surface area (Å²) in [5, 5.41) is 1.01. The molecule has 1 atom stereocenters. The van der Waals surface area contributed by atoms with E-state index < -0.39 is 0 Å². The van der Waals surface area contributed by atoms with Crippen molar-refractivity contribution in [2.75, 3.05) is 13.1 Å². The Morgan fingerprint density at radius 1 is 1.39 bits per heavy atom. The van der Waals surface area contributed by atoms with Crippen LogP contribution in [0.4, 0.5) is 0 Å². The second-order valence-electron chi connectivity index (χ2n) is 4.87. The number of benzene rings is 1. The normalized spacial score (nSPS) is 20.6. The molecule has 0 saturated carbocycles. The lowest BCUT2D eigenvalue weighted by molar-refractivity contribution is 0.327. The van der Waals surface area contributed by atoms with Crippen molar-refractivity contribution in [2.45, 2.75) is 19.0 Å². The Balaban J connectivity index is 1.98. The first-order valence-corrected chi connectivity index (χ1v) is 6.22. The van der Waals surface area contributed by atoms with Gasteiger partial charge in [0.1, 0.15) is 5.58 Å². The average molecular weight is 244 g/mol. The van der Waals surface area contributed by atoms with Gasteiger partial charge in [0.15, 0.2) is 0 Å². The molecule has 18 heavy (non-hydrogen) atoms. The maximum Gasteiger partial charge on any atom is 0.336 e. The maximum atomic E-state index is 11.5. The molecule has 0 spiro atoms. The summed E-state index contributed by atoms with van der Waals surface area (Å²) in [6.07, 6.45) is 1.03.